The van der Waals surface area contributed by atoms with E-state index in [-0.39, 0.29) is 13.0 Å². The van der Waals surface area contributed by atoms with Crippen molar-refractivity contribution in [2.45, 2.75) is 19.1 Å². The fourth-order valence-electron chi connectivity index (χ4n) is 1.26. The lowest BCUT2D eigenvalue weighted by Gasteiger charge is -2.10. The van der Waals surface area contributed by atoms with E-state index in [1.54, 1.807) is 24.3 Å². The molecule has 0 saturated carbocycles. The molecule has 0 heterocycles. The first-order chi connectivity index (χ1) is 8.99. The highest BCUT2D eigenvalue weighted by Crippen LogP contribution is 2.00. The molecule has 7 heteroatoms. The van der Waals surface area contributed by atoms with Gasteiger partial charge in [-0.2, -0.15) is 0 Å². The minimum absolute atomic E-state index is 0.0327. The Morgan fingerprint density at radius 3 is 2.42 bits per heavy atom. The third-order valence-electron chi connectivity index (χ3n) is 2.20. The molecular weight excluding hydrogens is 250 g/mol. The van der Waals surface area contributed by atoms with Crippen LogP contribution in [0.3, 0.4) is 0 Å². The molecule has 102 valence electrons. The Hall–Kier alpha value is -2.41. The average Bonchev–Trinajstić information content (AvgIpc) is 2.36. The van der Waals surface area contributed by atoms with Gasteiger partial charge in [0, 0.05) is 0 Å². The van der Waals surface area contributed by atoms with E-state index < -0.39 is 23.9 Å². The van der Waals surface area contributed by atoms with Crippen LogP contribution in [0.5, 0.6) is 0 Å². The molecule has 0 aliphatic rings. The van der Waals surface area contributed by atoms with E-state index in [0.29, 0.717) is 0 Å². The summed E-state index contributed by atoms with van der Waals surface area (Å²) in [4.78, 5) is 33.2. The number of alkyl carbamates (subject to hydrolysis) is 1. The van der Waals surface area contributed by atoms with Crippen LogP contribution in [0.15, 0.2) is 30.3 Å². The van der Waals surface area contributed by atoms with Gasteiger partial charge in [0.25, 0.3) is 0 Å². The SMILES string of the molecule is NC(=O)C[C@@H](N)C(=O)NC(=O)OCc1ccccc1. The fourth-order valence-corrected chi connectivity index (χ4v) is 1.26. The number of benzene rings is 1. The number of carbonyl (C=O) groups is 3. The van der Waals surface area contributed by atoms with Crippen LogP contribution in [0.1, 0.15) is 12.0 Å². The predicted octanol–water partition coefficient (Wildman–Crippen LogP) is -0.358. The Kier molecular flexibility index (Phi) is 5.49. The van der Waals surface area contributed by atoms with Crippen LogP contribution < -0.4 is 16.8 Å². The third kappa shape index (κ3) is 5.64. The summed E-state index contributed by atoms with van der Waals surface area (Å²) in [5.41, 5.74) is 11.0. The Balaban J connectivity index is 2.35. The molecule has 0 fully saturated rings. The topological polar surface area (TPSA) is 125 Å². The Labute approximate surface area is 109 Å². The largest absolute Gasteiger partial charge is 0.444 e. The van der Waals surface area contributed by atoms with E-state index in [4.69, 9.17) is 16.2 Å². The Morgan fingerprint density at radius 2 is 1.84 bits per heavy atom. The zero-order chi connectivity index (χ0) is 14.3. The van der Waals surface area contributed by atoms with Gasteiger partial charge >= 0.3 is 6.09 Å². The molecule has 0 spiro atoms. The second-order valence-corrected chi connectivity index (χ2v) is 3.83. The predicted molar refractivity (Wildman–Crippen MR) is 66.6 cm³/mol. The van der Waals surface area contributed by atoms with E-state index >= 15 is 0 Å². The lowest BCUT2D eigenvalue weighted by molar-refractivity contribution is -0.125. The molecule has 0 unspecified atom stereocenters. The molecule has 5 N–H and O–H groups in total. The van der Waals surface area contributed by atoms with Gasteiger partial charge in [-0.15, -0.1) is 0 Å². The Bertz CT molecular complexity index is 461. The minimum Gasteiger partial charge on any atom is -0.444 e. The van der Waals surface area contributed by atoms with Gasteiger partial charge in [-0.3, -0.25) is 14.9 Å². The van der Waals surface area contributed by atoms with Gasteiger partial charge in [0.1, 0.15) is 6.61 Å². The standard InChI is InChI=1S/C12H15N3O4/c13-9(6-10(14)16)11(17)15-12(18)19-7-8-4-2-1-3-5-8/h1-5,9H,6-7,13H2,(H2,14,16)(H,15,17,18)/t9-/m1/s1. The van der Waals surface area contributed by atoms with E-state index in [1.807, 2.05) is 11.4 Å². The van der Waals surface area contributed by atoms with Gasteiger partial charge in [-0.1, -0.05) is 30.3 Å². The summed E-state index contributed by atoms with van der Waals surface area (Å²) in [5, 5.41) is 1.92. The second-order valence-electron chi connectivity index (χ2n) is 3.83. The number of rotatable bonds is 5. The molecule has 1 aromatic carbocycles. The summed E-state index contributed by atoms with van der Waals surface area (Å²) in [7, 11) is 0. The van der Waals surface area contributed by atoms with Crippen LogP contribution in [0.4, 0.5) is 4.79 Å². The highest BCUT2D eigenvalue weighted by atomic mass is 16.5. The summed E-state index contributed by atoms with van der Waals surface area (Å²) in [5.74, 6) is -1.53. The van der Waals surface area contributed by atoms with E-state index in [0.717, 1.165) is 5.56 Å². The highest BCUT2D eigenvalue weighted by molar-refractivity contribution is 5.96. The normalized spacial score (nSPS) is 11.4. The van der Waals surface area contributed by atoms with Crippen molar-refractivity contribution in [2.75, 3.05) is 0 Å². The number of ether oxygens (including phenoxy) is 1. The number of nitrogens with two attached hydrogens (primary N) is 2. The summed E-state index contributed by atoms with van der Waals surface area (Å²) in [6, 6.07) is 7.80. The molecule has 1 atom stereocenters. The summed E-state index contributed by atoms with van der Waals surface area (Å²) in [6.07, 6.45) is -1.26. The van der Waals surface area contributed by atoms with Crippen LogP contribution in [-0.4, -0.2) is 23.9 Å². The molecule has 0 aliphatic heterocycles. The maximum absolute atomic E-state index is 11.4. The summed E-state index contributed by atoms with van der Waals surface area (Å²) >= 11 is 0. The number of amides is 3. The monoisotopic (exact) mass is 265 g/mol. The Morgan fingerprint density at radius 1 is 1.21 bits per heavy atom. The maximum Gasteiger partial charge on any atom is 0.414 e. The van der Waals surface area contributed by atoms with Crippen molar-refractivity contribution >= 4 is 17.9 Å². The van der Waals surface area contributed by atoms with E-state index in [9.17, 15) is 14.4 Å². The van der Waals surface area contributed by atoms with Crippen LogP contribution in [0.2, 0.25) is 0 Å². The number of imide groups is 1. The van der Waals surface area contributed by atoms with Gasteiger partial charge in [0.05, 0.1) is 12.5 Å². The van der Waals surface area contributed by atoms with Crippen molar-refractivity contribution in [2.24, 2.45) is 11.5 Å². The molecular formula is C12H15N3O4. The molecule has 1 rings (SSSR count). The van der Waals surface area contributed by atoms with Crippen molar-refractivity contribution in [1.29, 1.82) is 0 Å². The molecule has 0 aromatic heterocycles. The third-order valence-corrected chi connectivity index (χ3v) is 2.20. The van der Waals surface area contributed by atoms with Crippen molar-refractivity contribution < 1.29 is 19.1 Å². The number of hydrogen-bond donors (Lipinski definition) is 3. The van der Waals surface area contributed by atoms with Crippen LogP contribution in [-0.2, 0) is 20.9 Å². The first-order valence-electron chi connectivity index (χ1n) is 5.54. The van der Waals surface area contributed by atoms with Crippen molar-refractivity contribution in [3.63, 3.8) is 0 Å². The number of nitrogens with one attached hydrogen (secondary N) is 1. The second kappa shape index (κ2) is 7.12. The van der Waals surface area contributed by atoms with Crippen molar-refractivity contribution in [3.8, 4) is 0 Å². The van der Waals surface area contributed by atoms with Crippen molar-refractivity contribution in [1.82, 2.24) is 5.32 Å². The van der Waals surface area contributed by atoms with Gasteiger partial charge in [0.2, 0.25) is 11.8 Å². The molecule has 0 aliphatic carbocycles. The van der Waals surface area contributed by atoms with Gasteiger partial charge in [0.15, 0.2) is 0 Å². The molecule has 19 heavy (non-hydrogen) atoms. The fraction of sp³-hybridized carbons (Fsp3) is 0.250. The zero-order valence-electron chi connectivity index (χ0n) is 10.2. The smallest absolute Gasteiger partial charge is 0.414 e. The van der Waals surface area contributed by atoms with E-state index in [1.165, 1.54) is 0 Å². The maximum atomic E-state index is 11.4. The molecule has 3 amide bonds. The highest BCUT2D eigenvalue weighted by Gasteiger charge is 2.18. The van der Waals surface area contributed by atoms with Crippen LogP contribution in [0.25, 0.3) is 0 Å². The lowest BCUT2D eigenvalue weighted by atomic mass is 10.2. The molecule has 1 aromatic rings. The first kappa shape index (κ1) is 14.7. The van der Waals surface area contributed by atoms with Gasteiger partial charge < -0.3 is 16.2 Å². The lowest BCUT2D eigenvalue weighted by Crippen LogP contribution is -2.45. The number of carbonyl (C=O) groups excluding carboxylic acids is 3. The average molecular weight is 265 g/mol. The quantitative estimate of drug-likeness (QED) is 0.670. The van der Waals surface area contributed by atoms with Crippen LogP contribution >= 0.6 is 0 Å². The first-order valence-corrected chi connectivity index (χ1v) is 5.54. The van der Waals surface area contributed by atoms with Gasteiger partial charge in [-0.25, -0.2) is 4.79 Å². The van der Waals surface area contributed by atoms with Crippen molar-refractivity contribution in [3.05, 3.63) is 35.9 Å². The summed E-state index contributed by atoms with van der Waals surface area (Å²) in [6.45, 7) is 0.0327. The zero-order valence-corrected chi connectivity index (χ0v) is 10.2. The molecule has 7 nitrogen and oxygen atoms in total. The minimum atomic E-state index is -1.17. The summed E-state index contributed by atoms with van der Waals surface area (Å²) < 4.78 is 4.81. The molecule has 0 saturated heterocycles. The van der Waals surface area contributed by atoms with E-state index in [2.05, 4.69) is 0 Å². The molecule has 0 radical (unpaired) electrons. The van der Waals surface area contributed by atoms with Gasteiger partial charge in [-0.05, 0) is 5.56 Å². The molecule has 0 bridgehead atoms. The van der Waals surface area contributed by atoms with Crippen LogP contribution in [0, 0.1) is 0 Å². The number of hydrogen-bond acceptors (Lipinski definition) is 5. The number of primary amides is 1.